The molecule has 1 aliphatic rings. The van der Waals surface area contributed by atoms with Crippen molar-refractivity contribution in [1.82, 2.24) is 4.90 Å². The molecule has 0 radical (unpaired) electrons. The van der Waals surface area contributed by atoms with Crippen LogP contribution in [0, 0.1) is 11.7 Å². The van der Waals surface area contributed by atoms with Gasteiger partial charge in [-0.25, -0.2) is 4.39 Å². The normalized spacial score (nSPS) is 17.2. The molecule has 0 aliphatic carbocycles. The number of piperazine rings is 1. The molecule has 1 atom stereocenters. The fourth-order valence-corrected chi connectivity index (χ4v) is 3.08. The van der Waals surface area contributed by atoms with Gasteiger partial charge in [-0.15, -0.1) is 0 Å². The Kier molecular flexibility index (Phi) is 7.50. The lowest BCUT2D eigenvalue weighted by Gasteiger charge is -2.36. The Hall–Kier alpha value is -1.82. The first kappa shape index (κ1) is 19.5. The molecule has 0 bridgehead atoms. The van der Waals surface area contributed by atoms with Crippen LogP contribution >= 0.6 is 0 Å². The van der Waals surface area contributed by atoms with E-state index in [2.05, 4.69) is 28.6 Å². The highest BCUT2D eigenvalue weighted by atomic mass is 19.1. The molecule has 25 heavy (non-hydrogen) atoms. The maximum absolute atomic E-state index is 13.0. The van der Waals surface area contributed by atoms with Crippen LogP contribution in [0.4, 0.5) is 10.1 Å². The quantitative estimate of drug-likeness (QED) is 0.607. The van der Waals surface area contributed by atoms with Crippen molar-refractivity contribution in [1.29, 1.82) is 0 Å². The smallest absolute Gasteiger partial charge is 0.191 e. The molecule has 2 rings (SSSR count). The number of benzene rings is 1. The Labute approximate surface area is 150 Å². The first-order chi connectivity index (χ1) is 12.0. The number of nitrogens with zero attached hydrogens (tertiary/aromatic N) is 3. The minimum atomic E-state index is -0.203. The summed E-state index contributed by atoms with van der Waals surface area (Å²) < 4.78 is 18.8. The standard InChI is InChI=1S/C19H31FN4O/c1-4-25-18(15(2)3)9-10-22-19(21)24-13-11-23(12-14-24)17-7-5-16(20)6-8-17/h5-8,15,18H,4,9-14H2,1-3H3,(H2,21,22). The summed E-state index contributed by atoms with van der Waals surface area (Å²) in [6.07, 6.45) is 1.12. The number of hydrogen-bond acceptors (Lipinski definition) is 3. The van der Waals surface area contributed by atoms with E-state index in [0.717, 1.165) is 44.9 Å². The van der Waals surface area contributed by atoms with Gasteiger partial charge in [0.2, 0.25) is 0 Å². The van der Waals surface area contributed by atoms with Gasteiger partial charge >= 0.3 is 0 Å². The van der Waals surface area contributed by atoms with E-state index in [1.807, 2.05) is 19.1 Å². The van der Waals surface area contributed by atoms with Crippen molar-refractivity contribution >= 4 is 11.6 Å². The van der Waals surface area contributed by atoms with Crippen molar-refractivity contribution in [3.63, 3.8) is 0 Å². The van der Waals surface area contributed by atoms with Crippen molar-refractivity contribution < 1.29 is 9.13 Å². The zero-order valence-corrected chi connectivity index (χ0v) is 15.6. The fourth-order valence-electron chi connectivity index (χ4n) is 3.08. The summed E-state index contributed by atoms with van der Waals surface area (Å²) in [6, 6.07) is 6.65. The third-order valence-electron chi connectivity index (χ3n) is 4.61. The summed E-state index contributed by atoms with van der Waals surface area (Å²) in [5.41, 5.74) is 7.20. The second kappa shape index (κ2) is 9.61. The van der Waals surface area contributed by atoms with Crippen LogP contribution in [0.3, 0.4) is 0 Å². The molecule has 5 nitrogen and oxygen atoms in total. The molecule has 6 heteroatoms. The van der Waals surface area contributed by atoms with E-state index in [9.17, 15) is 4.39 Å². The Morgan fingerprint density at radius 3 is 2.40 bits per heavy atom. The second-order valence-electron chi connectivity index (χ2n) is 6.72. The summed E-state index contributed by atoms with van der Waals surface area (Å²) >= 11 is 0. The fraction of sp³-hybridized carbons (Fsp3) is 0.632. The van der Waals surface area contributed by atoms with Gasteiger partial charge in [-0.2, -0.15) is 0 Å². The highest BCUT2D eigenvalue weighted by Crippen LogP contribution is 2.17. The highest BCUT2D eigenvalue weighted by molar-refractivity contribution is 5.78. The van der Waals surface area contributed by atoms with Gasteiger partial charge in [0.15, 0.2) is 5.96 Å². The average Bonchev–Trinajstić information content (AvgIpc) is 2.61. The molecule has 1 aromatic carbocycles. The Bertz CT molecular complexity index is 539. The van der Waals surface area contributed by atoms with E-state index in [0.29, 0.717) is 18.4 Å². The van der Waals surface area contributed by atoms with Gasteiger partial charge in [0.1, 0.15) is 5.82 Å². The van der Waals surface area contributed by atoms with Crippen molar-refractivity contribution in [2.45, 2.75) is 33.3 Å². The van der Waals surface area contributed by atoms with E-state index in [1.54, 1.807) is 0 Å². The predicted octanol–water partition coefficient (Wildman–Crippen LogP) is 2.71. The van der Waals surface area contributed by atoms with Crippen LogP contribution in [0.5, 0.6) is 0 Å². The molecule has 0 amide bonds. The van der Waals surface area contributed by atoms with Crippen LogP contribution in [0.1, 0.15) is 27.2 Å². The monoisotopic (exact) mass is 350 g/mol. The minimum absolute atomic E-state index is 0.203. The molecule has 0 aromatic heterocycles. The molecular weight excluding hydrogens is 319 g/mol. The lowest BCUT2D eigenvalue weighted by atomic mass is 10.0. The highest BCUT2D eigenvalue weighted by Gasteiger charge is 2.19. The van der Waals surface area contributed by atoms with E-state index < -0.39 is 0 Å². The number of aliphatic imine (C=N–C) groups is 1. The number of nitrogens with two attached hydrogens (primary N) is 1. The molecule has 2 N–H and O–H groups in total. The summed E-state index contributed by atoms with van der Waals surface area (Å²) in [5, 5.41) is 0. The number of hydrogen-bond donors (Lipinski definition) is 1. The van der Waals surface area contributed by atoms with Crippen LogP contribution in [0.25, 0.3) is 0 Å². The lowest BCUT2D eigenvalue weighted by molar-refractivity contribution is 0.0266. The Balaban J connectivity index is 1.80. The van der Waals surface area contributed by atoms with Crippen molar-refractivity contribution in [2.24, 2.45) is 16.6 Å². The molecule has 1 unspecified atom stereocenters. The van der Waals surface area contributed by atoms with E-state index in [1.165, 1.54) is 12.1 Å². The molecular formula is C19H31FN4O. The zero-order valence-electron chi connectivity index (χ0n) is 15.6. The number of ether oxygens (including phenoxy) is 1. The molecule has 0 spiro atoms. The van der Waals surface area contributed by atoms with Crippen molar-refractivity contribution in [3.05, 3.63) is 30.1 Å². The first-order valence-electron chi connectivity index (χ1n) is 9.18. The molecule has 1 heterocycles. The summed E-state index contributed by atoms with van der Waals surface area (Å²) in [6.45, 7) is 11.1. The summed E-state index contributed by atoms with van der Waals surface area (Å²) in [4.78, 5) is 8.89. The number of halogens is 1. The van der Waals surface area contributed by atoms with Crippen molar-refractivity contribution in [2.75, 3.05) is 44.2 Å². The van der Waals surface area contributed by atoms with Gasteiger partial charge in [-0.05, 0) is 43.5 Å². The molecule has 1 fully saturated rings. The maximum Gasteiger partial charge on any atom is 0.191 e. The number of guanidine groups is 1. The van der Waals surface area contributed by atoms with Crippen LogP contribution in [0.15, 0.2) is 29.3 Å². The van der Waals surface area contributed by atoms with Gasteiger partial charge < -0.3 is 20.3 Å². The zero-order chi connectivity index (χ0) is 18.2. The van der Waals surface area contributed by atoms with Gasteiger partial charge in [0, 0.05) is 45.0 Å². The largest absolute Gasteiger partial charge is 0.378 e. The predicted molar refractivity (Wildman–Crippen MR) is 102 cm³/mol. The minimum Gasteiger partial charge on any atom is -0.378 e. The summed E-state index contributed by atoms with van der Waals surface area (Å²) in [7, 11) is 0. The van der Waals surface area contributed by atoms with Crippen molar-refractivity contribution in [3.8, 4) is 0 Å². The van der Waals surface area contributed by atoms with Crippen LogP contribution in [-0.2, 0) is 4.74 Å². The summed E-state index contributed by atoms with van der Waals surface area (Å²) in [5.74, 6) is 0.888. The van der Waals surface area contributed by atoms with Crippen LogP contribution < -0.4 is 10.6 Å². The maximum atomic E-state index is 13.0. The van der Waals surface area contributed by atoms with E-state index in [-0.39, 0.29) is 11.9 Å². The molecule has 1 aromatic rings. The molecule has 140 valence electrons. The third kappa shape index (κ3) is 5.88. The van der Waals surface area contributed by atoms with E-state index in [4.69, 9.17) is 10.5 Å². The third-order valence-corrected chi connectivity index (χ3v) is 4.61. The van der Waals surface area contributed by atoms with Gasteiger partial charge in [-0.1, -0.05) is 13.8 Å². The van der Waals surface area contributed by atoms with Gasteiger partial charge in [-0.3, -0.25) is 4.99 Å². The molecule has 0 saturated carbocycles. The lowest BCUT2D eigenvalue weighted by Crippen LogP contribution is -2.51. The SMILES string of the molecule is CCOC(CCN=C(N)N1CCN(c2ccc(F)cc2)CC1)C(C)C. The van der Waals surface area contributed by atoms with E-state index >= 15 is 0 Å². The average molecular weight is 350 g/mol. The van der Waals surface area contributed by atoms with Gasteiger partial charge in [0.05, 0.1) is 6.10 Å². The van der Waals surface area contributed by atoms with Crippen LogP contribution in [0.2, 0.25) is 0 Å². The topological polar surface area (TPSA) is 54.1 Å². The first-order valence-corrected chi connectivity index (χ1v) is 9.18. The Morgan fingerprint density at radius 1 is 1.20 bits per heavy atom. The second-order valence-corrected chi connectivity index (χ2v) is 6.72. The Morgan fingerprint density at radius 2 is 1.84 bits per heavy atom. The van der Waals surface area contributed by atoms with Gasteiger partial charge in [0.25, 0.3) is 0 Å². The molecule has 1 aliphatic heterocycles. The number of rotatable bonds is 7. The number of anilines is 1. The molecule has 1 saturated heterocycles. The van der Waals surface area contributed by atoms with Crippen LogP contribution in [-0.4, -0.2) is 56.3 Å².